The van der Waals surface area contributed by atoms with Crippen LogP contribution in [-0.4, -0.2) is 47.0 Å². The van der Waals surface area contributed by atoms with E-state index in [1.807, 2.05) is 32.9 Å². The van der Waals surface area contributed by atoms with Gasteiger partial charge in [-0.2, -0.15) is 0 Å². The van der Waals surface area contributed by atoms with Crippen molar-refractivity contribution in [2.75, 3.05) is 20.3 Å². The molecule has 1 saturated carbocycles. The van der Waals surface area contributed by atoms with Crippen LogP contribution in [0.15, 0.2) is 29.5 Å². The highest BCUT2D eigenvalue weighted by molar-refractivity contribution is 5.29. The van der Waals surface area contributed by atoms with Crippen LogP contribution in [0.4, 0.5) is 0 Å². The summed E-state index contributed by atoms with van der Waals surface area (Å²) in [5.74, 6) is 1.25. The van der Waals surface area contributed by atoms with Gasteiger partial charge < -0.3 is 19.9 Å². The van der Waals surface area contributed by atoms with Crippen molar-refractivity contribution in [1.29, 1.82) is 0 Å². The molecule has 1 fully saturated rings. The Labute approximate surface area is 149 Å². The normalized spacial score (nSPS) is 21.2. The summed E-state index contributed by atoms with van der Waals surface area (Å²) in [5, 5.41) is 26.5. The second-order valence-electron chi connectivity index (χ2n) is 7.36. The molecule has 0 radical (unpaired) electrons. The van der Waals surface area contributed by atoms with Crippen molar-refractivity contribution in [2.45, 2.75) is 57.6 Å². The van der Waals surface area contributed by atoms with Gasteiger partial charge >= 0.3 is 0 Å². The lowest BCUT2D eigenvalue weighted by Gasteiger charge is -2.29. The molecule has 1 aliphatic rings. The van der Waals surface area contributed by atoms with Gasteiger partial charge in [-0.3, -0.25) is 0 Å². The lowest BCUT2D eigenvalue weighted by molar-refractivity contribution is -0.726. The van der Waals surface area contributed by atoms with Crippen molar-refractivity contribution in [3.8, 4) is 5.75 Å². The maximum absolute atomic E-state index is 12.2. The fraction of sp³-hybridized carbons (Fsp3) is 0.667. The molecule has 1 aromatic rings. The summed E-state index contributed by atoms with van der Waals surface area (Å²) in [6.45, 7) is 5.75. The SMILES string of the molecule is COc1ccc([C@@H]2CC[C@@H](ON=[N+]([O-])N(CCO)C(C)(C)C)C2)cc1. The van der Waals surface area contributed by atoms with Crippen molar-refractivity contribution in [3.05, 3.63) is 35.0 Å². The van der Waals surface area contributed by atoms with Crippen molar-refractivity contribution in [3.63, 3.8) is 0 Å². The van der Waals surface area contributed by atoms with Gasteiger partial charge in [0.2, 0.25) is 5.28 Å². The number of hydrogen-bond acceptors (Lipinski definition) is 5. The van der Waals surface area contributed by atoms with Gasteiger partial charge in [0, 0.05) is 0 Å². The van der Waals surface area contributed by atoms with Gasteiger partial charge in [0.25, 0.3) is 0 Å². The highest BCUT2D eigenvalue weighted by atomic mass is 16.7. The molecule has 0 spiro atoms. The van der Waals surface area contributed by atoms with Crippen molar-refractivity contribution in [2.24, 2.45) is 5.28 Å². The number of benzene rings is 1. The third-order valence-corrected chi connectivity index (χ3v) is 4.53. The Hall–Kier alpha value is -2.02. The van der Waals surface area contributed by atoms with Crippen LogP contribution < -0.4 is 4.74 Å². The fourth-order valence-electron chi connectivity index (χ4n) is 3.14. The lowest BCUT2D eigenvalue weighted by atomic mass is 9.98. The van der Waals surface area contributed by atoms with E-state index in [1.54, 1.807) is 7.11 Å². The molecule has 0 heterocycles. The topological polar surface area (TPSA) is 80.4 Å². The van der Waals surface area contributed by atoms with Gasteiger partial charge in [-0.15, -0.1) is 5.01 Å². The maximum Gasteiger partial charge on any atom is 0.233 e. The highest BCUT2D eigenvalue weighted by Gasteiger charge is 2.31. The number of rotatable bonds is 7. The van der Waals surface area contributed by atoms with E-state index in [4.69, 9.17) is 14.7 Å². The number of nitrogens with zero attached hydrogens (tertiary/aromatic N) is 3. The van der Waals surface area contributed by atoms with E-state index in [0.717, 1.165) is 25.0 Å². The number of ether oxygens (including phenoxy) is 1. The number of aliphatic hydroxyl groups excluding tert-OH is 1. The smallest absolute Gasteiger partial charge is 0.233 e. The van der Waals surface area contributed by atoms with Crippen molar-refractivity contribution in [1.82, 2.24) is 5.01 Å². The minimum Gasteiger partial charge on any atom is -0.569 e. The van der Waals surface area contributed by atoms with E-state index >= 15 is 0 Å². The molecular formula is C18H29N3O4. The van der Waals surface area contributed by atoms with E-state index in [9.17, 15) is 5.21 Å². The zero-order valence-electron chi connectivity index (χ0n) is 15.5. The molecule has 0 aromatic heterocycles. The van der Waals surface area contributed by atoms with Crippen LogP contribution in [0.5, 0.6) is 5.75 Å². The number of aliphatic hydroxyl groups is 1. The van der Waals surface area contributed by atoms with Crippen molar-refractivity contribution >= 4 is 0 Å². The van der Waals surface area contributed by atoms with Crippen LogP contribution in [0.25, 0.3) is 0 Å². The Bertz CT molecular complexity index is 569. The van der Waals surface area contributed by atoms with Gasteiger partial charge in [-0.05, 0) is 63.6 Å². The predicted molar refractivity (Wildman–Crippen MR) is 94.1 cm³/mol. The zero-order valence-corrected chi connectivity index (χ0v) is 15.5. The van der Waals surface area contributed by atoms with Crippen LogP contribution in [-0.2, 0) is 4.84 Å². The summed E-state index contributed by atoms with van der Waals surface area (Å²) in [4.78, 5) is 5.93. The summed E-state index contributed by atoms with van der Waals surface area (Å²) in [6, 6.07) is 8.07. The van der Waals surface area contributed by atoms with Crippen LogP contribution in [0.3, 0.4) is 0 Å². The summed E-state index contributed by atoms with van der Waals surface area (Å²) in [7, 11) is 1.66. The molecule has 7 heteroatoms. The Morgan fingerprint density at radius 3 is 2.52 bits per heavy atom. The maximum atomic E-state index is 12.2. The molecule has 2 rings (SSSR count). The monoisotopic (exact) mass is 351 g/mol. The minimum absolute atomic E-state index is 0.0699. The van der Waals surface area contributed by atoms with E-state index in [2.05, 4.69) is 17.4 Å². The number of hydrazine groups is 1. The molecule has 0 amide bonds. The molecule has 2 atom stereocenters. The Kier molecular flexibility index (Phi) is 6.47. The molecular weight excluding hydrogens is 322 g/mol. The molecule has 0 bridgehead atoms. The van der Waals surface area contributed by atoms with Gasteiger partial charge in [-0.1, -0.05) is 12.1 Å². The summed E-state index contributed by atoms with van der Waals surface area (Å²) in [6.07, 6.45) is 2.63. The van der Waals surface area contributed by atoms with E-state index in [1.165, 1.54) is 10.6 Å². The molecule has 1 aliphatic carbocycles. The first-order valence-electron chi connectivity index (χ1n) is 8.71. The third kappa shape index (κ3) is 5.22. The first-order valence-corrected chi connectivity index (χ1v) is 8.71. The van der Waals surface area contributed by atoms with Crippen LogP contribution in [0.2, 0.25) is 0 Å². The van der Waals surface area contributed by atoms with E-state index in [-0.39, 0.29) is 19.3 Å². The van der Waals surface area contributed by atoms with E-state index < -0.39 is 5.54 Å². The number of hydrogen-bond donors (Lipinski definition) is 1. The largest absolute Gasteiger partial charge is 0.569 e. The first kappa shape index (κ1) is 19.3. The highest BCUT2D eigenvalue weighted by Crippen LogP contribution is 2.36. The Balaban J connectivity index is 1.93. The van der Waals surface area contributed by atoms with Gasteiger partial charge in [0.1, 0.15) is 18.4 Å². The van der Waals surface area contributed by atoms with Crippen LogP contribution in [0, 0.1) is 5.21 Å². The van der Waals surface area contributed by atoms with Crippen LogP contribution in [0.1, 0.15) is 51.5 Å². The fourth-order valence-corrected chi connectivity index (χ4v) is 3.14. The average molecular weight is 351 g/mol. The molecule has 140 valence electrons. The predicted octanol–water partition coefficient (Wildman–Crippen LogP) is 3.23. The zero-order chi connectivity index (χ0) is 18.4. The first-order chi connectivity index (χ1) is 11.8. The molecule has 1 N–H and O–H groups in total. The number of methoxy groups -OCH3 is 1. The summed E-state index contributed by atoms with van der Waals surface area (Å²) in [5.41, 5.74) is 0.807. The molecule has 1 aromatic carbocycles. The molecule has 0 aliphatic heterocycles. The Morgan fingerprint density at radius 1 is 1.28 bits per heavy atom. The standard InChI is InChI=1S/C18H29N3O4/c1-18(2,3)20(11-12-22)21(23)19-25-17-10-7-15(13-17)14-5-8-16(24-4)9-6-14/h5-6,8-9,15,17,22H,7,10-13H2,1-4H3/t15-,17-/m1/s1. The minimum atomic E-state index is -0.446. The average Bonchev–Trinajstić information content (AvgIpc) is 3.05. The third-order valence-electron chi connectivity index (χ3n) is 4.53. The second-order valence-corrected chi connectivity index (χ2v) is 7.36. The summed E-state index contributed by atoms with van der Waals surface area (Å²) >= 11 is 0. The molecule has 0 unspecified atom stereocenters. The molecule has 0 saturated heterocycles. The van der Waals surface area contributed by atoms with Crippen LogP contribution >= 0.6 is 0 Å². The second kappa shape index (κ2) is 8.38. The summed E-state index contributed by atoms with van der Waals surface area (Å²) < 4.78 is 5.19. The molecule has 7 nitrogen and oxygen atoms in total. The van der Waals surface area contributed by atoms with Gasteiger partial charge in [-0.25, -0.2) is 0 Å². The van der Waals surface area contributed by atoms with Gasteiger partial charge in [0.15, 0.2) is 0 Å². The van der Waals surface area contributed by atoms with E-state index in [0.29, 0.717) is 10.9 Å². The number of β-amino-alcohol motifs (C(OH)–C–C–N with tert-alkyl or cyclic N) is 1. The Morgan fingerprint density at radius 2 is 1.96 bits per heavy atom. The lowest BCUT2D eigenvalue weighted by Crippen LogP contribution is -2.47. The molecule has 25 heavy (non-hydrogen) atoms. The van der Waals surface area contributed by atoms with Crippen molar-refractivity contribution < 1.29 is 19.7 Å². The quantitative estimate of drug-likeness (QED) is 0.463. The van der Waals surface area contributed by atoms with Gasteiger partial charge in [0.05, 0.1) is 24.2 Å².